The molecule has 92 valence electrons. The summed E-state index contributed by atoms with van der Waals surface area (Å²) in [4.78, 5) is 28.9. The van der Waals surface area contributed by atoms with Crippen LogP contribution in [0.2, 0.25) is 0 Å². The summed E-state index contributed by atoms with van der Waals surface area (Å²) in [5.41, 5.74) is 6.19. The molecular weight excluding hydrogens is 238 g/mol. The van der Waals surface area contributed by atoms with E-state index in [1.165, 1.54) is 11.3 Å². The molecule has 1 saturated heterocycles. The number of nitrogens with zero attached hydrogens (tertiary/aromatic N) is 2. The number of hydrogen-bond donors (Lipinski definition) is 1. The lowest BCUT2D eigenvalue weighted by Crippen LogP contribution is -2.30. The average Bonchev–Trinajstić information content (AvgIpc) is 2.84. The first-order valence-corrected chi connectivity index (χ1v) is 6.38. The fraction of sp³-hybridized carbons (Fsp3) is 0.545. The minimum absolute atomic E-state index is 0.0193. The molecule has 17 heavy (non-hydrogen) atoms. The normalized spacial score (nSPS) is 21.9. The van der Waals surface area contributed by atoms with Gasteiger partial charge in [0.15, 0.2) is 0 Å². The van der Waals surface area contributed by atoms with Gasteiger partial charge in [-0.05, 0) is 13.8 Å². The van der Waals surface area contributed by atoms with E-state index in [9.17, 15) is 9.59 Å². The molecule has 2 atom stereocenters. The van der Waals surface area contributed by atoms with Gasteiger partial charge in [0.1, 0.15) is 5.01 Å². The largest absolute Gasteiger partial charge is 0.369 e. The molecule has 5 nitrogen and oxygen atoms in total. The molecule has 0 radical (unpaired) electrons. The lowest BCUT2D eigenvalue weighted by atomic mass is 10.1. The number of aromatic nitrogens is 1. The Bertz CT molecular complexity index is 457. The van der Waals surface area contributed by atoms with E-state index in [1.807, 2.05) is 19.2 Å². The topological polar surface area (TPSA) is 76.3 Å². The third-order valence-corrected chi connectivity index (χ3v) is 4.16. The fourth-order valence-corrected chi connectivity index (χ4v) is 2.86. The van der Waals surface area contributed by atoms with Gasteiger partial charge in [-0.25, -0.2) is 4.98 Å². The van der Waals surface area contributed by atoms with Gasteiger partial charge in [0.25, 0.3) is 0 Å². The maximum atomic E-state index is 11.8. The van der Waals surface area contributed by atoms with E-state index in [0.29, 0.717) is 6.54 Å². The smallest absolute Gasteiger partial charge is 0.224 e. The second-order valence-electron chi connectivity index (χ2n) is 4.35. The van der Waals surface area contributed by atoms with Gasteiger partial charge in [-0.15, -0.1) is 11.3 Å². The number of thiazole rings is 1. The highest BCUT2D eigenvalue weighted by molar-refractivity contribution is 7.09. The predicted octanol–water partition coefficient (Wildman–Crippen LogP) is 0.846. The van der Waals surface area contributed by atoms with Crippen LogP contribution in [0.5, 0.6) is 0 Å². The van der Waals surface area contributed by atoms with E-state index in [-0.39, 0.29) is 24.3 Å². The molecule has 0 bridgehead atoms. The number of likely N-dealkylation sites (tertiary alicyclic amines) is 1. The standard InChI is InChI=1S/C11H15N3O2S/c1-6-5-17-11(13-6)7(2)14-4-8(10(12)16)3-9(14)15/h5,7-8H,3-4H2,1-2H3,(H2,12,16). The summed E-state index contributed by atoms with van der Waals surface area (Å²) >= 11 is 1.53. The highest BCUT2D eigenvalue weighted by Gasteiger charge is 2.36. The van der Waals surface area contributed by atoms with E-state index in [2.05, 4.69) is 4.98 Å². The van der Waals surface area contributed by atoms with Crippen LogP contribution >= 0.6 is 11.3 Å². The molecule has 2 amide bonds. The molecule has 1 aromatic heterocycles. The SMILES string of the molecule is Cc1csc(C(C)N2CC(C(N)=O)CC2=O)n1. The lowest BCUT2D eigenvalue weighted by Gasteiger charge is -2.22. The van der Waals surface area contributed by atoms with Crippen molar-refractivity contribution in [1.29, 1.82) is 0 Å². The first kappa shape index (κ1) is 12.0. The second-order valence-corrected chi connectivity index (χ2v) is 5.24. The Labute approximate surface area is 104 Å². The number of carbonyl (C=O) groups is 2. The fourth-order valence-electron chi connectivity index (χ4n) is 1.99. The second kappa shape index (κ2) is 4.44. The first-order chi connectivity index (χ1) is 7.99. The average molecular weight is 253 g/mol. The highest BCUT2D eigenvalue weighted by Crippen LogP contribution is 2.29. The molecule has 1 aromatic rings. The van der Waals surface area contributed by atoms with Crippen LogP contribution in [0.1, 0.15) is 30.1 Å². The van der Waals surface area contributed by atoms with Crippen molar-refractivity contribution in [2.24, 2.45) is 11.7 Å². The van der Waals surface area contributed by atoms with Gasteiger partial charge in [0.05, 0.1) is 12.0 Å². The molecule has 1 aliphatic rings. The zero-order valence-corrected chi connectivity index (χ0v) is 10.7. The van der Waals surface area contributed by atoms with E-state index >= 15 is 0 Å². The summed E-state index contributed by atoms with van der Waals surface area (Å²) in [7, 11) is 0. The summed E-state index contributed by atoms with van der Waals surface area (Å²) in [6.07, 6.45) is 0.226. The molecule has 0 saturated carbocycles. The van der Waals surface area contributed by atoms with Crippen molar-refractivity contribution in [2.75, 3.05) is 6.54 Å². The molecule has 2 heterocycles. The van der Waals surface area contributed by atoms with Crippen LogP contribution in [0, 0.1) is 12.8 Å². The van der Waals surface area contributed by atoms with Crippen LogP contribution in [-0.4, -0.2) is 28.2 Å². The van der Waals surface area contributed by atoms with Crippen molar-refractivity contribution < 1.29 is 9.59 Å². The quantitative estimate of drug-likeness (QED) is 0.867. The molecule has 2 rings (SSSR count). The molecular formula is C11H15N3O2S. The number of aryl methyl sites for hydroxylation is 1. The van der Waals surface area contributed by atoms with Gasteiger partial charge in [0.2, 0.25) is 11.8 Å². The number of primary amides is 1. The van der Waals surface area contributed by atoms with Gasteiger partial charge in [-0.2, -0.15) is 0 Å². The molecule has 0 aliphatic carbocycles. The molecule has 1 fully saturated rings. The molecule has 0 spiro atoms. The van der Waals surface area contributed by atoms with Crippen molar-refractivity contribution >= 4 is 23.2 Å². The van der Waals surface area contributed by atoms with E-state index in [4.69, 9.17) is 5.73 Å². The van der Waals surface area contributed by atoms with Crippen molar-refractivity contribution in [3.63, 3.8) is 0 Å². The van der Waals surface area contributed by atoms with Crippen LogP contribution in [0.15, 0.2) is 5.38 Å². The summed E-state index contributed by atoms with van der Waals surface area (Å²) in [5.74, 6) is -0.775. The van der Waals surface area contributed by atoms with Crippen LogP contribution in [0.25, 0.3) is 0 Å². The zero-order valence-electron chi connectivity index (χ0n) is 9.84. The van der Waals surface area contributed by atoms with Gasteiger partial charge in [-0.3, -0.25) is 9.59 Å². The van der Waals surface area contributed by atoms with Crippen LogP contribution in [0.3, 0.4) is 0 Å². The van der Waals surface area contributed by atoms with Gasteiger partial charge in [0, 0.05) is 24.0 Å². The van der Waals surface area contributed by atoms with Crippen LogP contribution < -0.4 is 5.73 Å². The van der Waals surface area contributed by atoms with E-state index < -0.39 is 5.91 Å². The third-order valence-electron chi connectivity index (χ3n) is 3.02. The maximum Gasteiger partial charge on any atom is 0.224 e. The maximum absolute atomic E-state index is 11.8. The summed E-state index contributed by atoms with van der Waals surface area (Å²) in [5, 5.41) is 2.86. The minimum atomic E-state index is -0.400. The minimum Gasteiger partial charge on any atom is -0.369 e. The number of amides is 2. The Kier molecular flexibility index (Phi) is 3.15. The first-order valence-electron chi connectivity index (χ1n) is 5.50. The van der Waals surface area contributed by atoms with Gasteiger partial charge in [-0.1, -0.05) is 0 Å². The third kappa shape index (κ3) is 2.31. The molecule has 2 N–H and O–H groups in total. The lowest BCUT2D eigenvalue weighted by molar-refractivity contribution is -0.130. The number of hydrogen-bond acceptors (Lipinski definition) is 4. The number of nitrogens with two attached hydrogens (primary N) is 1. The Balaban J connectivity index is 2.13. The van der Waals surface area contributed by atoms with Crippen LogP contribution in [-0.2, 0) is 9.59 Å². The highest BCUT2D eigenvalue weighted by atomic mass is 32.1. The molecule has 0 aromatic carbocycles. The zero-order chi connectivity index (χ0) is 12.6. The van der Waals surface area contributed by atoms with Crippen molar-refractivity contribution in [3.8, 4) is 0 Å². The van der Waals surface area contributed by atoms with E-state index in [1.54, 1.807) is 4.90 Å². The van der Waals surface area contributed by atoms with Crippen molar-refractivity contribution in [3.05, 3.63) is 16.1 Å². The van der Waals surface area contributed by atoms with Crippen molar-refractivity contribution in [2.45, 2.75) is 26.3 Å². The number of rotatable bonds is 3. The molecule has 2 unspecified atom stereocenters. The Morgan fingerprint density at radius 2 is 2.41 bits per heavy atom. The van der Waals surface area contributed by atoms with E-state index in [0.717, 1.165) is 10.7 Å². The Morgan fingerprint density at radius 3 is 2.88 bits per heavy atom. The van der Waals surface area contributed by atoms with Gasteiger partial charge >= 0.3 is 0 Å². The van der Waals surface area contributed by atoms with Gasteiger partial charge < -0.3 is 10.6 Å². The monoisotopic (exact) mass is 253 g/mol. The Morgan fingerprint density at radius 1 is 1.71 bits per heavy atom. The summed E-state index contributed by atoms with van der Waals surface area (Å²) in [6.45, 7) is 4.26. The molecule has 1 aliphatic heterocycles. The summed E-state index contributed by atoms with van der Waals surface area (Å²) < 4.78 is 0. The summed E-state index contributed by atoms with van der Waals surface area (Å²) in [6, 6.07) is -0.0782. The van der Waals surface area contributed by atoms with Crippen molar-refractivity contribution in [1.82, 2.24) is 9.88 Å². The van der Waals surface area contributed by atoms with Crippen LogP contribution in [0.4, 0.5) is 0 Å². The molecule has 6 heteroatoms. The predicted molar refractivity (Wildman–Crippen MR) is 64.3 cm³/mol. The Hall–Kier alpha value is -1.43. The number of carbonyl (C=O) groups excluding carboxylic acids is 2.